The Hall–Kier alpha value is -2.72. The molecule has 2 N–H and O–H groups in total. The molecule has 8 nitrogen and oxygen atoms in total. The Morgan fingerprint density at radius 1 is 1.27 bits per heavy atom. The van der Waals surface area contributed by atoms with E-state index >= 15 is 0 Å². The predicted molar refractivity (Wildman–Crippen MR) is 96.5 cm³/mol. The lowest BCUT2D eigenvalue weighted by Crippen LogP contribution is -2.45. The van der Waals surface area contributed by atoms with Crippen molar-refractivity contribution in [1.82, 2.24) is 4.90 Å². The minimum absolute atomic E-state index is 0.0268. The van der Waals surface area contributed by atoms with E-state index in [-0.39, 0.29) is 9.23 Å². The molecule has 1 heterocycles. The number of esters is 1. The lowest BCUT2D eigenvalue weighted by molar-refractivity contribution is -0.150. The maximum atomic E-state index is 12.5. The Labute approximate surface area is 157 Å². The first-order chi connectivity index (χ1) is 12.2. The zero-order valence-electron chi connectivity index (χ0n) is 13.4. The second-order valence-corrected chi connectivity index (χ2v) is 6.79. The number of hydrogen-bond acceptors (Lipinski definition) is 7. The van der Waals surface area contributed by atoms with Crippen molar-refractivity contribution < 1.29 is 34.1 Å². The molecule has 1 amide bonds. The van der Waals surface area contributed by atoms with Gasteiger partial charge in [-0.15, -0.1) is 0 Å². The number of carbonyl (C=O) groups excluding carboxylic acids is 2. The Balaban J connectivity index is 2.27. The second kappa shape index (κ2) is 8.11. The van der Waals surface area contributed by atoms with Crippen molar-refractivity contribution in [2.45, 2.75) is 12.5 Å². The van der Waals surface area contributed by atoms with Crippen molar-refractivity contribution in [3.05, 3.63) is 40.3 Å². The summed E-state index contributed by atoms with van der Waals surface area (Å²) in [6.45, 7) is 0. The van der Waals surface area contributed by atoms with Crippen molar-refractivity contribution in [2.24, 2.45) is 0 Å². The van der Waals surface area contributed by atoms with Gasteiger partial charge in [-0.05, 0) is 23.8 Å². The first kappa shape index (κ1) is 19.6. The molecule has 1 atom stereocenters. The highest BCUT2D eigenvalue weighted by atomic mass is 32.2. The van der Waals surface area contributed by atoms with Crippen LogP contribution in [0.4, 0.5) is 0 Å². The number of aliphatic carboxylic acids is 2. The number of hydrogen-bond donors (Lipinski definition) is 2. The fourth-order valence-corrected chi connectivity index (χ4v) is 3.54. The molecule has 0 saturated carbocycles. The van der Waals surface area contributed by atoms with Gasteiger partial charge in [-0.2, -0.15) is 0 Å². The molecule has 136 valence electrons. The molecule has 0 aliphatic carbocycles. The maximum absolute atomic E-state index is 12.5. The molecule has 1 aromatic rings. The van der Waals surface area contributed by atoms with Crippen molar-refractivity contribution in [3.8, 4) is 0 Å². The summed E-state index contributed by atoms with van der Waals surface area (Å²) in [4.78, 5) is 47.0. The highest BCUT2D eigenvalue weighted by molar-refractivity contribution is 8.26. The topological polar surface area (TPSA) is 121 Å². The quantitative estimate of drug-likeness (QED) is 0.420. The van der Waals surface area contributed by atoms with Gasteiger partial charge in [0.1, 0.15) is 10.4 Å². The van der Waals surface area contributed by atoms with Crippen LogP contribution in [-0.4, -0.2) is 56.4 Å². The minimum Gasteiger partial charge on any atom is -0.481 e. The van der Waals surface area contributed by atoms with Crippen LogP contribution in [0.25, 0.3) is 6.08 Å². The zero-order chi connectivity index (χ0) is 19.4. The van der Waals surface area contributed by atoms with Crippen LogP contribution in [0.1, 0.15) is 22.3 Å². The van der Waals surface area contributed by atoms with Crippen molar-refractivity contribution in [1.29, 1.82) is 0 Å². The zero-order valence-corrected chi connectivity index (χ0v) is 15.0. The first-order valence-corrected chi connectivity index (χ1v) is 8.37. The number of methoxy groups -OCH3 is 1. The summed E-state index contributed by atoms with van der Waals surface area (Å²) >= 11 is 5.93. The largest absolute Gasteiger partial charge is 0.481 e. The number of thioether (sulfide) groups is 1. The number of thiocarbonyl (C=S) groups is 1. The third kappa shape index (κ3) is 4.27. The van der Waals surface area contributed by atoms with Crippen LogP contribution < -0.4 is 0 Å². The Kier molecular flexibility index (Phi) is 6.11. The lowest BCUT2D eigenvalue weighted by Gasteiger charge is -2.21. The average molecular weight is 395 g/mol. The van der Waals surface area contributed by atoms with Gasteiger partial charge < -0.3 is 14.9 Å². The third-order valence-electron chi connectivity index (χ3n) is 3.42. The van der Waals surface area contributed by atoms with Crippen LogP contribution in [0.15, 0.2) is 29.2 Å². The summed E-state index contributed by atoms with van der Waals surface area (Å²) in [7, 11) is 1.26. The van der Waals surface area contributed by atoms with E-state index in [2.05, 4.69) is 4.74 Å². The number of carbonyl (C=O) groups is 4. The fourth-order valence-electron chi connectivity index (χ4n) is 2.19. The average Bonchev–Trinajstić information content (AvgIpc) is 2.86. The molecule has 1 aliphatic heterocycles. The van der Waals surface area contributed by atoms with Crippen molar-refractivity contribution in [3.63, 3.8) is 0 Å². The summed E-state index contributed by atoms with van der Waals surface area (Å²) < 4.78 is 4.57. The van der Waals surface area contributed by atoms with Crippen LogP contribution in [0.2, 0.25) is 0 Å². The Morgan fingerprint density at radius 2 is 1.88 bits per heavy atom. The van der Waals surface area contributed by atoms with Gasteiger partial charge in [-0.25, -0.2) is 9.59 Å². The number of amides is 1. The van der Waals surface area contributed by atoms with E-state index in [9.17, 15) is 24.3 Å². The van der Waals surface area contributed by atoms with E-state index in [4.69, 9.17) is 17.3 Å². The van der Waals surface area contributed by atoms with E-state index in [0.29, 0.717) is 11.1 Å². The molecule has 1 fully saturated rings. The van der Waals surface area contributed by atoms with Crippen LogP contribution >= 0.6 is 24.0 Å². The standard InChI is InChI=1S/C16H13NO7S2/c1-24-15(23)9-4-2-8(3-5-9)6-11-13(20)17(16(25)26-11)10(14(21)22)7-12(18)19/h2-6,10H,7H2,1H3,(H,18,19)(H,21,22)/b11-6-/t10-/m0/s1. The normalized spacial score (nSPS) is 16.7. The van der Waals surface area contributed by atoms with Gasteiger partial charge in [0.15, 0.2) is 0 Å². The summed E-state index contributed by atoms with van der Waals surface area (Å²) in [5.41, 5.74) is 0.924. The van der Waals surface area contributed by atoms with Crippen LogP contribution in [0, 0.1) is 0 Å². The lowest BCUT2D eigenvalue weighted by atomic mass is 10.1. The van der Waals surface area contributed by atoms with Crippen LogP contribution in [0.3, 0.4) is 0 Å². The molecule has 26 heavy (non-hydrogen) atoms. The fraction of sp³-hybridized carbons (Fsp3) is 0.188. The minimum atomic E-state index is -1.58. The van der Waals surface area contributed by atoms with E-state index in [1.807, 2.05) is 0 Å². The van der Waals surface area contributed by atoms with Gasteiger partial charge in [0.2, 0.25) is 0 Å². The molecular weight excluding hydrogens is 382 g/mol. The molecule has 1 aromatic carbocycles. The molecule has 1 aliphatic rings. The molecule has 0 bridgehead atoms. The maximum Gasteiger partial charge on any atom is 0.337 e. The van der Waals surface area contributed by atoms with E-state index < -0.39 is 36.3 Å². The number of ether oxygens (including phenoxy) is 1. The first-order valence-electron chi connectivity index (χ1n) is 7.14. The predicted octanol–water partition coefficient (Wildman–Crippen LogP) is 1.60. The molecule has 1 saturated heterocycles. The van der Waals surface area contributed by atoms with Crippen LogP contribution in [0.5, 0.6) is 0 Å². The number of benzene rings is 1. The summed E-state index contributed by atoms with van der Waals surface area (Å²) in [5, 5.41) is 18.1. The van der Waals surface area contributed by atoms with Gasteiger partial charge in [-0.3, -0.25) is 14.5 Å². The molecule has 0 unspecified atom stereocenters. The van der Waals surface area contributed by atoms with Crippen molar-refractivity contribution in [2.75, 3.05) is 7.11 Å². The summed E-state index contributed by atoms with van der Waals surface area (Å²) in [6.07, 6.45) is 0.725. The van der Waals surface area contributed by atoms with Gasteiger partial charge >= 0.3 is 17.9 Å². The van der Waals surface area contributed by atoms with E-state index in [1.165, 1.54) is 25.3 Å². The summed E-state index contributed by atoms with van der Waals surface area (Å²) in [5.74, 6) is -3.98. The van der Waals surface area contributed by atoms with Gasteiger partial charge in [0, 0.05) is 0 Å². The van der Waals surface area contributed by atoms with Gasteiger partial charge in [0.05, 0.1) is 24.0 Å². The number of carboxylic acid groups (broad SMARTS) is 2. The van der Waals surface area contributed by atoms with Crippen molar-refractivity contribution >= 4 is 58.2 Å². The van der Waals surface area contributed by atoms with Gasteiger partial charge in [0.25, 0.3) is 5.91 Å². The van der Waals surface area contributed by atoms with Crippen LogP contribution in [-0.2, 0) is 19.1 Å². The van der Waals surface area contributed by atoms with E-state index in [1.54, 1.807) is 12.1 Å². The number of carboxylic acids is 2. The molecular formula is C16H13NO7S2. The molecule has 0 radical (unpaired) electrons. The third-order valence-corrected chi connectivity index (χ3v) is 4.75. The monoisotopic (exact) mass is 395 g/mol. The highest BCUT2D eigenvalue weighted by Gasteiger charge is 2.41. The highest BCUT2D eigenvalue weighted by Crippen LogP contribution is 2.34. The molecule has 10 heteroatoms. The second-order valence-electron chi connectivity index (χ2n) is 5.12. The molecule has 0 spiro atoms. The number of rotatable bonds is 6. The Bertz CT molecular complexity index is 816. The van der Waals surface area contributed by atoms with Gasteiger partial charge in [-0.1, -0.05) is 36.1 Å². The SMILES string of the molecule is COC(=O)c1ccc(/C=C2\SC(=S)N([C@@H](CC(=O)O)C(=O)O)C2=O)cc1. The molecule has 0 aromatic heterocycles. The molecule has 2 rings (SSSR count). The summed E-state index contributed by atoms with van der Waals surface area (Å²) in [6, 6.07) is 4.63. The van der Waals surface area contributed by atoms with E-state index in [0.717, 1.165) is 16.7 Å². The smallest absolute Gasteiger partial charge is 0.337 e. The Morgan fingerprint density at radius 3 is 2.38 bits per heavy atom. The number of nitrogens with zero attached hydrogens (tertiary/aromatic N) is 1.